The van der Waals surface area contributed by atoms with E-state index in [9.17, 15) is 0 Å². The van der Waals surface area contributed by atoms with E-state index < -0.39 is 0 Å². The van der Waals surface area contributed by atoms with Gasteiger partial charge in [0.15, 0.2) is 11.5 Å². The van der Waals surface area contributed by atoms with Gasteiger partial charge >= 0.3 is 0 Å². The van der Waals surface area contributed by atoms with E-state index in [1.165, 1.54) is 11.1 Å². The second-order valence-corrected chi connectivity index (χ2v) is 7.00. The van der Waals surface area contributed by atoms with Gasteiger partial charge in [0.25, 0.3) is 0 Å². The van der Waals surface area contributed by atoms with E-state index in [1.54, 1.807) is 14.2 Å². The van der Waals surface area contributed by atoms with E-state index in [0.29, 0.717) is 11.9 Å². The summed E-state index contributed by atoms with van der Waals surface area (Å²) in [6, 6.07) is 6.13. The zero-order valence-corrected chi connectivity index (χ0v) is 16.1. The molecule has 0 bridgehead atoms. The van der Waals surface area contributed by atoms with Crippen molar-refractivity contribution in [2.24, 2.45) is 5.92 Å². The Kier molecular flexibility index (Phi) is 5.81. The first-order chi connectivity index (χ1) is 12.6. The number of anilines is 2. The van der Waals surface area contributed by atoms with Crippen LogP contribution in [0, 0.1) is 5.92 Å². The predicted octanol–water partition coefficient (Wildman–Crippen LogP) is 3.51. The minimum atomic E-state index is 0.663. The molecule has 0 amide bonds. The van der Waals surface area contributed by atoms with Crippen LogP contribution < -0.4 is 19.7 Å². The lowest BCUT2D eigenvalue weighted by atomic mass is 9.99. The summed E-state index contributed by atoms with van der Waals surface area (Å²) in [7, 11) is 3.35. The molecule has 1 aliphatic rings. The second-order valence-electron chi connectivity index (χ2n) is 7.00. The largest absolute Gasteiger partial charge is 0.493 e. The molecule has 0 saturated carbocycles. The number of hydrogen-bond donors (Lipinski definition) is 1. The molecule has 2 aromatic rings. The van der Waals surface area contributed by atoms with E-state index in [4.69, 9.17) is 14.5 Å². The van der Waals surface area contributed by atoms with Crippen molar-refractivity contribution < 1.29 is 9.47 Å². The maximum atomic E-state index is 5.45. The molecule has 0 unspecified atom stereocenters. The quantitative estimate of drug-likeness (QED) is 0.819. The molecule has 6 nitrogen and oxygen atoms in total. The van der Waals surface area contributed by atoms with Crippen molar-refractivity contribution in [3.05, 3.63) is 35.5 Å². The highest BCUT2D eigenvalue weighted by Gasteiger charge is 2.20. The number of nitrogens with zero attached hydrogens (tertiary/aromatic N) is 3. The first-order valence-corrected chi connectivity index (χ1v) is 9.16. The molecule has 26 heavy (non-hydrogen) atoms. The number of hydrogen-bond acceptors (Lipinski definition) is 6. The number of rotatable bonds is 7. The Bertz CT molecular complexity index is 749. The molecular weight excluding hydrogens is 328 g/mol. The Labute approximate surface area is 155 Å². The van der Waals surface area contributed by atoms with Gasteiger partial charge in [-0.3, -0.25) is 0 Å². The monoisotopic (exact) mass is 356 g/mol. The third kappa shape index (κ3) is 4.18. The third-order valence-electron chi connectivity index (χ3n) is 4.69. The maximum Gasteiger partial charge on any atom is 0.224 e. The van der Waals surface area contributed by atoms with E-state index in [0.717, 1.165) is 49.8 Å². The summed E-state index contributed by atoms with van der Waals surface area (Å²) < 4.78 is 10.9. The highest BCUT2D eigenvalue weighted by molar-refractivity contribution is 5.52. The molecule has 1 aliphatic heterocycles. The number of fused-ring (bicyclic) bond motifs is 1. The maximum absolute atomic E-state index is 5.45. The topological polar surface area (TPSA) is 59.5 Å². The van der Waals surface area contributed by atoms with Gasteiger partial charge in [-0.25, -0.2) is 4.98 Å². The van der Waals surface area contributed by atoms with Crippen molar-refractivity contribution in [1.29, 1.82) is 0 Å². The van der Waals surface area contributed by atoms with Gasteiger partial charge in [-0.15, -0.1) is 0 Å². The van der Waals surface area contributed by atoms with Gasteiger partial charge in [0.2, 0.25) is 5.95 Å². The van der Waals surface area contributed by atoms with E-state index >= 15 is 0 Å². The molecule has 0 saturated heterocycles. The van der Waals surface area contributed by atoms with Crippen LogP contribution in [-0.4, -0.2) is 37.3 Å². The predicted molar refractivity (Wildman–Crippen MR) is 104 cm³/mol. The lowest BCUT2D eigenvalue weighted by molar-refractivity contribution is 0.353. The molecule has 1 aromatic heterocycles. The van der Waals surface area contributed by atoms with Gasteiger partial charge in [-0.2, -0.15) is 4.98 Å². The summed E-state index contributed by atoms with van der Waals surface area (Å²) in [5.74, 6) is 3.87. The molecule has 0 fully saturated rings. The molecule has 1 aromatic carbocycles. The number of ether oxygens (including phenoxy) is 2. The van der Waals surface area contributed by atoms with E-state index in [1.807, 2.05) is 12.3 Å². The van der Waals surface area contributed by atoms with Gasteiger partial charge in [-0.05, 0) is 48.1 Å². The number of benzene rings is 1. The van der Waals surface area contributed by atoms with E-state index in [2.05, 4.69) is 41.2 Å². The number of aromatic nitrogens is 2. The normalized spacial score (nSPS) is 13.5. The Morgan fingerprint density at radius 2 is 1.88 bits per heavy atom. The summed E-state index contributed by atoms with van der Waals surface area (Å²) in [6.45, 7) is 7.05. The smallest absolute Gasteiger partial charge is 0.224 e. The highest BCUT2D eigenvalue weighted by Crippen LogP contribution is 2.34. The van der Waals surface area contributed by atoms with Gasteiger partial charge < -0.3 is 19.7 Å². The van der Waals surface area contributed by atoms with Gasteiger partial charge in [0.05, 0.1) is 14.2 Å². The van der Waals surface area contributed by atoms with Crippen LogP contribution in [0.25, 0.3) is 0 Å². The second kappa shape index (κ2) is 8.25. The standard InChI is InChI=1S/C20H28N4O2/c1-14(2)5-8-21-20-22-9-6-19(23-20)24-10-7-15-11-17(25-3)18(26-4)12-16(15)13-24/h6,9,11-12,14H,5,7-8,10,13H2,1-4H3,(H,21,22,23). The molecule has 0 spiro atoms. The van der Waals surface area contributed by atoms with Crippen molar-refractivity contribution >= 4 is 11.8 Å². The minimum absolute atomic E-state index is 0.663. The lowest BCUT2D eigenvalue weighted by Crippen LogP contribution is -2.31. The molecule has 2 heterocycles. The van der Waals surface area contributed by atoms with Crippen LogP contribution in [0.3, 0.4) is 0 Å². The molecular formula is C20H28N4O2. The van der Waals surface area contributed by atoms with Crippen LogP contribution in [0.1, 0.15) is 31.4 Å². The Morgan fingerprint density at radius 3 is 2.58 bits per heavy atom. The van der Waals surface area contributed by atoms with Crippen LogP contribution in [-0.2, 0) is 13.0 Å². The molecule has 1 N–H and O–H groups in total. The van der Waals surface area contributed by atoms with E-state index in [-0.39, 0.29) is 0 Å². The van der Waals surface area contributed by atoms with Gasteiger partial charge in [-0.1, -0.05) is 13.8 Å². The molecule has 0 atom stereocenters. The summed E-state index contributed by atoms with van der Waals surface area (Å²) in [5.41, 5.74) is 2.56. The van der Waals surface area contributed by atoms with Crippen molar-refractivity contribution in [1.82, 2.24) is 9.97 Å². The average Bonchev–Trinajstić information content (AvgIpc) is 2.66. The first-order valence-electron chi connectivity index (χ1n) is 9.16. The van der Waals surface area contributed by atoms with Crippen LogP contribution in [0.15, 0.2) is 24.4 Å². The zero-order valence-electron chi connectivity index (χ0n) is 16.1. The summed E-state index contributed by atoms with van der Waals surface area (Å²) in [5, 5.41) is 3.32. The lowest BCUT2D eigenvalue weighted by Gasteiger charge is -2.30. The SMILES string of the molecule is COc1cc2c(cc1OC)CN(c1ccnc(NCCC(C)C)n1)CC2. The zero-order chi connectivity index (χ0) is 18.5. The Hall–Kier alpha value is -2.50. The van der Waals surface area contributed by atoms with Crippen LogP contribution >= 0.6 is 0 Å². The van der Waals surface area contributed by atoms with Gasteiger partial charge in [0.1, 0.15) is 5.82 Å². The van der Waals surface area contributed by atoms with Crippen LogP contribution in [0.2, 0.25) is 0 Å². The molecule has 0 radical (unpaired) electrons. The van der Waals surface area contributed by atoms with Crippen molar-refractivity contribution in [2.75, 3.05) is 37.5 Å². The molecule has 3 rings (SSSR count). The fraction of sp³-hybridized carbons (Fsp3) is 0.500. The fourth-order valence-electron chi connectivity index (χ4n) is 3.16. The van der Waals surface area contributed by atoms with Crippen molar-refractivity contribution in [3.63, 3.8) is 0 Å². The summed E-state index contributed by atoms with van der Waals surface area (Å²) in [6.07, 6.45) is 3.88. The Morgan fingerprint density at radius 1 is 1.15 bits per heavy atom. The fourth-order valence-corrected chi connectivity index (χ4v) is 3.16. The van der Waals surface area contributed by atoms with Crippen molar-refractivity contribution in [3.8, 4) is 11.5 Å². The molecule has 0 aliphatic carbocycles. The Balaban J connectivity index is 1.74. The number of nitrogens with one attached hydrogen (secondary N) is 1. The van der Waals surface area contributed by atoms with Gasteiger partial charge in [0, 0.05) is 25.8 Å². The first kappa shape index (κ1) is 18.3. The number of methoxy groups -OCH3 is 2. The summed E-state index contributed by atoms with van der Waals surface area (Å²) in [4.78, 5) is 11.3. The highest BCUT2D eigenvalue weighted by atomic mass is 16.5. The third-order valence-corrected chi connectivity index (χ3v) is 4.69. The minimum Gasteiger partial charge on any atom is -0.493 e. The summed E-state index contributed by atoms with van der Waals surface area (Å²) >= 11 is 0. The van der Waals surface area contributed by atoms with Crippen LogP contribution in [0.4, 0.5) is 11.8 Å². The van der Waals surface area contributed by atoms with Crippen LogP contribution in [0.5, 0.6) is 11.5 Å². The molecule has 140 valence electrons. The van der Waals surface area contributed by atoms with Crippen molar-refractivity contribution in [2.45, 2.75) is 33.2 Å². The average molecular weight is 356 g/mol. The molecule has 6 heteroatoms.